The molecule has 1 aromatic heterocycles. The van der Waals surface area contributed by atoms with E-state index in [1.54, 1.807) is 0 Å². The largest absolute Gasteiger partial charge is 0.294 e. The molecule has 0 N–H and O–H groups in total. The lowest BCUT2D eigenvalue weighted by atomic mass is 9.95. The van der Waals surface area contributed by atoms with Gasteiger partial charge >= 0.3 is 0 Å². The molecule has 82 valence electrons. The molecular formula is C13H20N2. The molecule has 0 saturated carbocycles. The first-order valence-electron chi connectivity index (χ1n) is 5.94. The molecule has 1 aromatic rings. The predicted molar refractivity (Wildman–Crippen MR) is 62.7 cm³/mol. The molecule has 15 heavy (non-hydrogen) atoms. The third-order valence-corrected chi connectivity index (χ3v) is 3.28. The van der Waals surface area contributed by atoms with Crippen LogP contribution in [0.5, 0.6) is 0 Å². The number of likely N-dealkylation sites (tertiary alicyclic amines) is 1. The highest BCUT2D eigenvalue weighted by atomic mass is 15.2. The first kappa shape index (κ1) is 10.6. The van der Waals surface area contributed by atoms with Crippen molar-refractivity contribution < 1.29 is 0 Å². The van der Waals surface area contributed by atoms with E-state index in [0.29, 0.717) is 12.1 Å². The zero-order valence-corrected chi connectivity index (χ0v) is 9.69. The second kappa shape index (κ2) is 4.75. The third-order valence-electron chi connectivity index (χ3n) is 3.28. The van der Waals surface area contributed by atoms with Gasteiger partial charge in [0.25, 0.3) is 0 Å². The van der Waals surface area contributed by atoms with Crippen LogP contribution in [0.3, 0.4) is 0 Å². The van der Waals surface area contributed by atoms with E-state index in [2.05, 4.69) is 29.8 Å². The van der Waals surface area contributed by atoms with Crippen molar-refractivity contribution in [3.8, 4) is 0 Å². The lowest BCUT2D eigenvalue weighted by molar-refractivity contribution is 0.112. The van der Waals surface area contributed by atoms with Gasteiger partial charge in [-0.05, 0) is 44.9 Å². The van der Waals surface area contributed by atoms with E-state index in [-0.39, 0.29) is 0 Å². The molecule has 0 radical (unpaired) electrons. The van der Waals surface area contributed by atoms with Crippen molar-refractivity contribution in [2.45, 2.75) is 45.2 Å². The summed E-state index contributed by atoms with van der Waals surface area (Å²) in [4.78, 5) is 6.82. The smallest absolute Gasteiger partial charge is 0.0366 e. The van der Waals surface area contributed by atoms with Gasteiger partial charge in [0.2, 0.25) is 0 Å². The lowest BCUT2D eigenvalue weighted by Crippen LogP contribution is -2.38. The van der Waals surface area contributed by atoms with Gasteiger partial charge in [0.15, 0.2) is 0 Å². The van der Waals surface area contributed by atoms with Crippen LogP contribution in [-0.4, -0.2) is 22.5 Å². The van der Waals surface area contributed by atoms with E-state index in [4.69, 9.17) is 0 Å². The van der Waals surface area contributed by atoms with E-state index in [0.717, 1.165) is 0 Å². The molecule has 1 aliphatic rings. The normalized spacial score (nSPS) is 23.3. The Morgan fingerprint density at radius 1 is 1.40 bits per heavy atom. The van der Waals surface area contributed by atoms with Crippen LogP contribution in [0.15, 0.2) is 24.5 Å². The first-order chi connectivity index (χ1) is 7.29. The van der Waals surface area contributed by atoms with Crippen molar-refractivity contribution >= 4 is 0 Å². The van der Waals surface area contributed by atoms with Crippen LogP contribution in [0.25, 0.3) is 0 Å². The summed E-state index contributed by atoms with van der Waals surface area (Å²) < 4.78 is 0. The van der Waals surface area contributed by atoms with Gasteiger partial charge in [-0.1, -0.05) is 12.5 Å². The fourth-order valence-corrected chi connectivity index (χ4v) is 2.50. The summed E-state index contributed by atoms with van der Waals surface area (Å²) in [5.74, 6) is 0. The number of rotatable bonds is 2. The Labute approximate surface area is 92.3 Å². The average molecular weight is 204 g/mol. The number of hydrogen-bond donors (Lipinski definition) is 0. The summed E-state index contributed by atoms with van der Waals surface area (Å²) in [6.07, 6.45) is 7.85. The van der Waals surface area contributed by atoms with Crippen molar-refractivity contribution in [2.24, 2.45) is 0 Å². The van der Waals surface area contributed by atoms with Gasteiger partial charge in [-0.3, -0.25) is 9.88 Å². The Morgan fingerprint density at radius 2 is 2.27 bits per heavy atom. The molecule has 0 amide bonds. The number of nitrogens with zero attached hydrogens (tertiary/aromatic N) is 2. The Balaban J connectivity index is 2.18. The molecule has 2 heteroatoms. The quantitative estimate of drug-likeness (QED) is 0.736. The van der Waals surface area contributed by atoms with Gasteiger partial charge in [0.1, 0.15) is 0 Å². The molecule has 0 spiro atoms. The van der Waals surface area contributed by atoms with Gasteiger partial charge in [0.05, 0.1) is 0 Å². The summed E-state index contributed by atoms with van der Waals surface area (Å²) in [7, 11) is 0. The molecule has 2 nitrogen and oxygen atoms in total. The summed E-state index contributed by atoms with van der Waals surface area (Å²) in [5, 5.41) is 0. The van der Waals surface area contributed by atoms with E-state index >= 15 is 0 Å². The molecule has 1 aliphatic heterocycles. The molecule has 0 aromatic carbocycles. The SMILES string of the molecule is CC(C)N1CCCC[C@H]1c1cccnc1. The highest BCUT2D eigenvalue weighted by molar-refractivity contribution is 5.14. The molecule has 1 fully saturated rings. The number of aromatic nitrogens is 1. The number of piperidine rings is 1. The Bertz CT molecular complexity index is 295. The van der Waals surface area contributed by atoms with Gasteiger partial charge in [-0.25, -0.2) is 0 Å². The maximum Gasteiger partial charge on any atom is 0.0366 e. The Kier molecular flexibility index (Phi) is 3.37. The minimum atomic E-state index is 0.590. The molecule has 2 rings (SSSR count). The van der Waals surface area contributed by atoms with Crippen LogP contribution >= 0.6 is 0 Å². The van der Waals surface area contributed by atoms with Crippen LogP contribution in [0.1, 0.15) is 44.7 Å². The highest BCUT2D eigenvalue weighted by Gasteiger charge is 2.25. The van der Waals surface area contributed by atoms with E-state index in [9.17, 15) is 0 Å². The minimum absolute atomic E-state index is 0.590. The molecule has 2 heterocycles. The van der Waals surface area contributed by atoms with Crippen LogP contribution in [0.2, 0.25) is 0 Å². The summed E-state index contributed by atoms with van der Waals surface area (Å²) in [6.45, 7) is 5.81. The van der Waals surface area contributed by atoms with Gasteiger partial charge in [0, 0.05) is 24.5 Å². The Hall–Kier alpha value is -0.890. The predicted octanol–water partition coefficient (Wildman–Crippen LogP) is 3.02. The van der Waals surface area contributed by atoms with Gasteiger partial charge in [-0.2, -0.15) is 0 Å². The van der Waals surface area contributed by atoms with Crippen LogP contribution < -0.4 is 0 Å². The van der Waals surface area contributed by atoms with Crippen molar-refractivity contribution in [1.82, 2.24) is 9.88 Å². The van der Waals surface area contributed by atoms with E-state index in [1.165, 1.54) is 31.4 Å². The van der Waals surface area contributed by atoms with E-state index < -0.39 is 0 Å². The van der Waals surface area contributed by atoms with Crippen molar-refractivity contribution in [3.05, 3.63) is 30.1 Å². The molecule has 0 aliphatic carbocycles. The molecule has 1 saturated heterocycles. The minimum Gasteiger partial charge on any atom is -0.294 e. The molecule has 0 unspecified atom stereocenters. The first-order valence-corrected chi connectivity index (χ1v) is 5.94. The maximum atomic E-state index is 4.23. The third kappa shape index (κ3) is 2.37. The molecule has 1 atom stereocenters. The second-order valence-corrected chi connectivity index (χ2v) is 4.63. The van der Waals surface area contributed by atoms with Crippen LogP contribution in [0.4, 0.5) is 0 Å². The monoisotopic (exact) mass is 204 g/mol. The number of pyridine rings is 1. The van der Waals surface area contributed by atoms with Gasteiger partial charge in [-0.15, -0.1) is 0 Å². The molecule has 0 bridgehead atoms. The zero-order valence-electron chi connectivity index (χ0n) is 9.69. The fourth-order valence-electron chi connectivity index (χ4n) is 2.50. The fraction of sp³-hybridized carbons (Fsp3) is 0.615. The summed E-state index contributed by atoms with van der Waals surface area (Å²) in [6, 6.07) is 5.48. The summed E-state index contributed by atoms with van der Waals surface area (Å²) in [5.41, 5.74) is 1.38. The van der Waals surface area contributed by atoms with Gasteiger partial charge < -0.3 is 0 Å². The highest BCUT2D eigenvalue weighted by Crippen LogP contribution is 2.31. The van der Waals surface area contributed by atoms with Crippen LogP contribution in [0, 0.1) is 0 Å². The second-order valence-electron chi connectivity index (χ2n) is 4.63. The average Bonchev–Trinajstić information content (AvgIpc) is 2.30. The van der Waals surface area contributed by atoms with Crippen molar-refractivity contribution in [2.75, 3.05) is 6.54 Å². The number of hydrogen-bond acceptors (Lipinski definition) is 2. The molecular weight excluding hydrogens is 184 g/mol. The summed E-state index contributed by atoms with van der Waals surface area (Å²) >= 11 is 0. The maximum absolute atomic E-state index is 4.23. The van der Waals surface area contributed by atoms with Crippen LogP contribution in [-0.2, 0) is 0 Å². The lowest BCUT2D eigenvalue weighted by Gasteiger charge is -2.38. The standard InChI is InChI=1S/C13H20N2/c1-11(2)15-9-4-3-7-13(15)12-6-5-8-14-10-12/h5-6,8,10-11,13H,3-4,7,9H2,1-2H3/t13-/m0/s1. The van der Waals surface area contributed by atoms with Crippen molar-refractivity contribution in [1.29, 1.82) is 0 Å². The van der Waals surface area contributed by atoms with E-state index in [1.807, 2.05) is 18.5 Å². The zero-order chi connectivity index (χ0) is 10.7. The Morgan fingerprint density at radius 3 is 2.93 bits per heavy atom. The topological polar surface area (TPSA) is 16.1 Å². The van der Waals surface area contributed by atoms with Crippen molar-refractivity contribution in [3.63, 3.8) is 0 Å².